The number of anilines is 3. The number of rotatable bonds is 6. The molecule has 0 aliphatic carbocycles. The van der Waals surface area contributed by atoms with E-state index in [1.807, 2.05) is 0 Å². The molecular formula is C21H14Cl3N5O4S. The second-order valence-corrected chi connectivity index (χ2v) is 9.88. The van der Waals surface area contributed by atoms with Gasteiger partial charge in [0, 0.05) is 17.6 Å². The predicted octanol–water partition coefficient (Wildman–Crippen LogP) is 4.33. The average molecular weight is 539 g/mol. The van der Waals surface area contributed by atoms with Crippen LogP contribution < -0.4 is 14.9 Å². The molecule has 0 bridgehead atoms. The first-order chi connectivity index (χ1) is 16.1. The molecule has 0 spiro atoms. The fourth-order valence-corrected chi connectivity index (χ4v) is 4.46. The lowest BCUT2D eigenvalue weighted by molar-refractivity contribution is -0.120. The van der Waals surface area contributed by atoms with Crippen LogP contribution in [0.15, 0.2) is 70.4 Å². The van der Waals surface area contributed by atoms with E-state index in [-0.39, 0.29) is 37.3 Å². The maximum atomic E-state index is 12.9. The van der Waals surface area contributed by atoms with Crippen molar-refractivity contribution < 1.29 is 18.0 Å². The zero-order valence-corrected chi connectivity index (χ0v) is 20.3. The van der Waals surface area contributed by atoms with E-state index in [9.17, 15) is 18.0 Å². The fraction of sp³-hybridized carbons (Fsp3) is 0.0476. The van der Waals surface area contributed by atoms with E-state index in [1.165, 1.54) is 48.7 Å². The number of nitrogens with zero attached hydrogens (tertiary/aromatic N) is 3. The highest BCUT2D eigenvalue weighted by Gasteiger charge is 2.39. The molecule has 0 unspecified atom stereocenters. The molecule has 1 aliphatic rings. The molecule has 1 aliphatic heterocycles. The summed E-state index contributed by atoms with van der Waals surface area (Å²) < 4.78 is 27.5. The number of amides is 2. The van der Waals surface area contributed by atoms with Gasteiger partial charge in [0.25, 0.3) is 21.8 Å². The molecule has 0 saturated heterocycles. The van der Waals surface area contributed by atoms with Crippen molar-refractivity contribution in [1.82, 2.24) is 9.97 Å². The molecule has 0 saturated carbocycles. The molecule has 0 atom stereocenters. The molecular weight excluding hydrogens is 525 g/mol. The summed E-state index contributed by atoms with van der Waals surface area (Å²) in [6, 6.07) is 11.4. The lowest BCUT2D eigenvalue weighted by atomic mass is 10.3. The van der Waals surface area contributed by atoms with Gasteiger partial charge in [0.15, 0.2) is 0 Å². The molecule has 1 aromatic heterocycles. The van der Waals surface area contributed by atoms with Crippen LogP contribution in [0.1, 0.15) is 5.69 Å². The Bertz CT molecular complexity index is 1460. The van der Waals surface area contributed by atoms with Gasteiger partial charge in [-0.2, -0.15) is 0 Å². The van der Waals surface area contributed by atoms with Gasteiger partial charge in [-0.25, -0.2) is 28.0 Å². The number of hydrogen-bond donors (Lipinski definition) is 2. The summed E-state index contributed by atoms with van der Waals surface area (Å²) in [4.78, 5) is 34.2. The number of sulfonamides is 1. The number of carbonyl (C=O) groups excluding carboxylic acids is 2. The van der Waals surface area contributed by atoms with Gasteiger partial charge in [-0.1, -0.05) is 34.8 Å². The van der Waals surface area contributed by atoms with Crippen LogP contribution in [0, 0.1) is 6.92 Å². The normalized spacial score (nSPS) is 14.1. The Hall–Kier alpha value is -3.18. The van der Waals surface area contributed by atoms with Crippen molar-refractivity contribution in [1.29, 1.82) is 0 Å². The summed E-state index contributed by atoms with van der Waals surface area (Å²) in [5, 5.41) is 2.87. The summed E-state index contributed by atoms with van der Waals surface area (Å²) >= 11 is 18.0. The number of aryl methyl sites for hydroxylation is 1. The van der Waals surface area contributed by atoms with E-state index in [4.69, 9.17) is 34.8 Å². The highest BCUT2D eigenvalue weighted by molar-refractivity contribution is 7.92. The molecule has 174 valence electrons. The van der Waals surface area contributed by atoms with Crippen molar-refractivity contribution in [3.63, 3.8) is 0 Å². The molecule has 2 N–H and O–H groups in total. The maximum absolute atomic E-state index is 12.9. The van der Waals surface area contributed by atoms with E-state index in [2.05, 4.69) is 20.0 Å². The minimum Gasteiger partial charge on any atom is -0.350 e. The Kier molecular flexibility index (Phi) is 6.50. The molecule has 2 amide bonds. The number of halogens is 3. The molecule has 9 nitrogen and oxygen atoms in total. The second kappa shape index (κ2) is 9.22. The van der Waals surface area contributed by atoms with Crippen molar-refractivity contribution in [3.8, 4) is 0 Å². The van der Waals surface area contributed by atoms with Crippen molar-refractivity contribution in [2.24, 2.45) is 0 Å². The summed E-state index contributed by atoms with van der Waals surface area (Å²) in [6.07, 6.45) is 1.44. The molecule has 13 heteroatoms. The lowest BCUT2D eigenvalue weighted by Gasteiger charge is -2.15. The standard InChI is InChI=1S/C21H14Cl3N5O4S/c1-11-8-9-25-21(26-11)28-34(32,33)14-5-2-12(3-6-14)27-18-17(24)19(30)29(20(18)31)13-4-7-15(22)16(23)10-13/h2-10,27H,1H3,(H,25,26,28). The van der Waals surface area contributed by atoms with Crippen LogP contribution in [0.2, 0.25) is 10.0 Å². The van der Waals surface area contributed by atoms with Crippen LogP contribution in [-0.2, 0) is 19.6 Å². The number of carbonyl (C=O) groups is 2. The van der Waals surface area contributed by atoms with E-state index in [0.717, 1.165) is 4.90 Å². The topological polar surface area (TPSA) is 121 Å². The Morgan fingerprint density at radius 1 is 0.912 bits per heavy atom. The van der Waals surface area contributed by atoms with Crippen LogP contribution >= 0.6 is 34.8 Å². The lowest BCUT2D eigenvalue weighted by Crippen LogP contribution is -2.32. The third kappa shape index (κ3) is 4.71. The minimum atomic E-state index is -3.95. The number of nitrogens with one attached hydrogen (secondary N) is 2. The van der Waals surface area contributed by atoms with Crippen molar-refractivity contribution in [2.45, 2.75) is 11.8 Å². The average Bonchev–Trinajstić information content (AvgIpc) is 2.99. The number of imide groups is 1. The van der Waals surface area contributed by atoms with Gasteiger partial charge < -0.3 is 5.32 Å². The van der Waals surface area contributed by atoms with Crippen LogP contribution in [0.3, 0.4) is 0 Å². The van der Waals surface area contributed by atoms with Crippen LogP contribution in [0.5, 0.6) is 0 Å². The first kappa shape index (κ1) is 24.0. The molecule has 4 rings (SSSR count). The van der Waals surface area contributed by atoms with Crippen LogP contribution in [0.4, 0.5) is 17.3 Å². The molecule has 2 heterocycles. The Balaban J connectivity index is 1.53. The van der Waals surface area contributed by atoms with Crippen molar-refractivity contribution in [2.75, 3.05) is 14.9 Å². The Labute approximate surface area is 209 Å². The summed E-state index contributed by atoms with van der Waals surface area (Å²) in [7, 11) is -3.95. The first-order valence-electron chi connectivity index (χ1n) is 9.50. The highest BCUT2D eigenvalue weighted by Crippen LogP contribution is 2.33. The van der Waals surface area contributed by atoms with Crippen LogP contribution in [-0.4, -0.2) is 30.2 Å². The second-order valence-electron chi connectivity index (χ2n) is 7.01. The SMILES string of the molecule is Cc1ccnc(NS(=O)(=O)c2ccc(NC3=C(Cl)C(=O)N(c4ccc(Cl)c(Cl)c4)C3=O)cc2)n1. The van der Waals surface area contributed by atoms with E-state index in [1.54, 1.807) is 13.0 Å². The molecule has 2 aromatic carbocycles. The summed E-state index contributed by atoms with van der Waals surface area (Å²) in [5.41, 5.74) is 0.962. The first-order valence-corrected chi connectivity index (χ1v) is 12.1. The number of benzene rings is 2. The molecule has 3 aromatic rings. The quantitative estimate of drug-likeness (QED) is 0.448. The van der Waals surface area contributed by atoms with Crippen molar-refractivity contribution in [3.05, 3.63) is 81.2 Å². The zero-order valence-electron chi connectivity index (χ0n) is 17.2. The van der Waals surface area contributed by atoms with Gasteiger partial charge in [0.1, 0.15) is 10.7 Å². The largest absolute Gasteiger partial charge is 0.350 e. The van der Waals surface area contributed by atoms with Gasteiger partial charge in [0.2, 0.25) is 5.95 Å². The Morgan fingerprint density at radius 2 is 1.62 bits per heavy atom. The third-order valence-electron chi connectivity index (χ3n) is 4.64. The molecule has 0 fully saturated rings. The summed E-state index contributed by atoms with van der Waals surface area (Å²) in [5.74, 6) is -1.51. The summed E-state index contributed by atoms with van der Waals surface area (Å²) in [6.45, 7) is 1.71. The molecule has 34 heavy (non-hydrogen) atoms. The fourth-order valence-electron chi connectivity index (χ4n) is 3.01. The smallest absolute Gasteiger partial charge is 0.283 e. The minimum absolute atomic E-state index is 0.0587. The van der Waals surface area contributed by atoms with Crippen LogP contribution in [0.25, 0.3) is 0 Å². The number of aromatic nitrogens is 2. The molecule has 0 radical (unpaired) electrons. The predicted molar refractivity (Wildman–Crippen MR) is 129 cm³/mol. The monoisotopic (exact) mass is 537 g/mol. The highest BCUT2D eigenvalue weighted by atomic mass is 35.5. The zero-order chi connectivity index (χ0) is 24.6. The van der Waals surface area contributed by atoms with Crippen molar-refractivity contribution >= 4 is 74.0 Å². The van der Waals surface area contributed by atoms with E-state index < -0.39 is 21.8 Å². The van der Waals surface area contributed by atoms with E-state index in [0.29, 0.717) is 11.4 Å². The third-order valence-corrected chi connectivity index (χ3v) is 7.08. The number of hydrogen-bond acceptors (Lipinski definition) is 7. The van der Waals surface area contributed by atoms with Gasteiger partial charge in [0.05, 0.1) is 20.6 Å². The van der Waals surface area contributed by atoms with E-state index >= 15 is 0 Å². The van der Waals surface area contributed by atoms with Gasteiger partial charge >= 0.3 is 0 Å². The maximum Gasteiger partial charge on any atom is 0.283 e. The van der Waals surface area contributed by atoms with Gasteiger partial charge in [-0.05, 0) is 55.5 Å². The van der Waals surface area contributed by atoms with Gasteiger partial charge in [-0.3, -0.25) is 9.59 Å². The Morgan fingerprint density at radius 3 is 2.26 bits per heavy atom. The van der Waals surface area contributed by atoms with Gasteiger partial charge in [-0.15, -0.1) is 0 Å².